The fourth-order valence-corrected chi connectivity index (χ4v) is 2.44. The zero-order valence-corrected chi connectivity index (χ0v) is 12.2. The lowest BCUT2D eigenvalue weighted by Crippen LogP contribution is -2.13. The van der Waals surface area contributed by atoms with Crippen LogP contribution in [0.15, 0.2) is 34.8 Å². The second-order valence-electron chi connectivity index (χ2n) is 4.37. The first-order chi connectivity index (χ1) is 9.38. The molecule has 0 radical (unpaired) electrons. The molecule has 6 heteroatoms. The Kier molecular flexibility index (Phi) is 3.85. The van der Waals surface area contributed by atoms with E-state index in [1.807, 2.05) is 13.0 Å². The molecule has 0 spiro atoms. The summed E-state index contributed by atoms with van der Waals surface area (Å²) in [6.45, 7) is 1.89. The summed E-state index contributed by atoms with van der Waals surface area (Å²) in [6.07, 6.45) is 0. The third-order valence-electron chi connectivity index (χ3n) is 2.74. The van der Waals surface area contributed by atoms with Gasteiger partial charge in [-0.2, -0.15) is 0 Å². The van der Waals surface area contributed by atoms with Gasteiger partial charge in [0.2, 0.25) is 0 Å². The van der Waals surface area contributed by atoms with E-state index < -0.39 is 5.91 Å². The van der Waals surface area contributed by atoms with E-state index in [2.05, 4.69) is 21.2 Å². The molecule has 2 rings (SSSR count). The SMILES string of the molecule is Cc1cc(N)c(NC(=O)c2ccc(O)c(O)c2)c(Br)c1. The van der Waals surface area contributed by atoms with Gasteiger partial charge in [0.1, 0.15) is 0 Å². The minimum atomic E-state index is -0.434. The number of nitrogens with one attached hydrogen (secondary N) is 1. The van der Waals surface area contributed by atoms with Crippen molar-refractivity contribution in [1.82, 2.24) is 0 Å². The maximum atomic E-state index is 12.1. The molecule has 0 saturated carbocycles. The number of benzene rings is 2. The van der Waals surface area contributed by atoms with Gasteiger partial charge in [-0.3, -0.25) is 4.79 Å². The molecule has 0 aliphatic carbocycles. The first-order valence-electron chi connectivity index (χ1n) is 5.77. The lowest BCUT2D eigenvalue weighted by atomic mass is 10.1. The van der Waals surface area contributed by atoms with Gasteiger partial charge in [-0.15, -0.1) is 0 Å². The van der Waals surface area contributed by atoms with Gasteiger partial charge in [-0.25, -0.2) is 0 Å². The molecule has 0 heterocycles. The monoisotopic (exact) mass is 336 g/mol. The van der Waals surface area contributed by atoms with Crippen LogP contribution in [0.3, 0.4) is 0 Å². The number of carbonyl (C=O) groups excluding carboxylic acids is 1. The molecule has 20 heavy (non-hydrogen) atoms. The molecule has 0 aromatic heterocycles. The zero-order valence-electron chi connectivity index (χ0n) is 10.6. The van der Waals surface area contributed by atoms with E-state index in [-0.39, 0.29) is 17.1 Å². The van der Waals surface area contributed by atoms with Gasteiger partial charge in [0, 0.05) is 10.0 Å². The van der Waals surface area contributed by atoms with E-state index in [1.54, 1.807) is 6.07 Å². The van der Waals surface area contributed by atoms with Crippen LogP contribution in [-0.4, -0.2) is 16.1 Å². The van der Waals surface area contributed by atoms with E-state index in [9.17, 15) is 15.0 Å². The minimum absolute atomic E-state index is 0.215. The number of anilines is 2. The lowest BCUT2D eigenvalue weighted by molar-refractivity contribution is 0.102. The highest BCUT2D eigenvalue weighted by atomic mass is 79.9. The predicted octanol–water partition coefficient (Wildman–Crippen LogP) is 3.00. The molecule has 0 aliphatic rings. The average Bonchev–Trinajstić information content (AvgIpc) is 2.36. The van der Waals surface area contributed by atoms with Gasteiger partial charge in [0.15, 0.2) is 11.5 Å². The standard InChI is InChI=1S/C14H13BrN2O3/c1-7-4-9(15)13(10(16)5-7)17-14(20)8-2-3-11(18)12(19)6-8/h2-6,18-19H,16H2,1H3,(H,17,20). The van der Waals surface area contributed by atoms with Gasteiger partial charge in [-0.1, -0.05) is 0 Å². The molecule has 0 aliphatic heterocycles. The smallest absolute Gasteiger partial charge is 0.255 e. The fraction of sp³-hybridized carbons (Fsp3) is 0.0714. The molecule has 2 aromatic carbocycles. The van der Waals surface area contributed by atoms with Crippen LogP contribution in [0.2, 0.25) is 0 Å². The summed E-state index contributed by atoms with van der Waals surface area (Å²) in [5, 5.41) is 21.3. The second-order valence-corrected chi connectivity index (χ2v) is 5.22. The Balaban J connectivity index is 2.30. The molecule has 5 nitrogen and oxygen atoms in total. The van der Waals surface area contributed by atoms with Crippen molar-refractivity contribution in [3.05, 3.63) is 45.9 Å². The number of hydrogen-bond acceptors (Lipinski definition) is 4. The third kappa shape index (κ3) is 2.85. The zero-order chi connectivity index (χ0) is 14.9. The van der Waals surface area contributed by atoms with E-state index in [1.165, 1.54) is 18.2 Å². The number of amides is 1. The Morgan fingerprint density at radius 3 is 2.50 bits per heavy atom. The first kappa shape index (κ1) is 14.2. The molecule has 1 amide bonds. The largest absolute Gasteiger partial charge is 0.504 e. The average molecular weight is 337 g/mol. The summed E-state index contributed by atoms with van der Waals surface area (Å²) >= 11 is 3.34. The number of aryl methyl sites for hydroxylation is 1. The number of nitrogens with two attached hydrogens (primary N) is 1. The molecular formula is C14H13BrN2O3. The Morgan fingerprint density at radius 2 is 1.90 bits per heavy atom. The highest BCUT2D eigenvalue weighted by molar-refractivity contribution is 9.10. The molecule has 0 bridgehead atoms. The van der Waals surface area contributed by atoms with Crippen molar-refractivity contribution in [3.63, 3.8) is 0 Å². The number of nitrogen functional groups attached to an aromatic ring is 1. The number of phenols is 2. The summed E-state index contributed by atoms with van der Waals surface area (Å²) in [4.78, 5) is 12.1. The van der Waals surface area contributed by atoms with Crippen LogP contribution in [0.5, 0.6) is 11.5 Å². The van der Waals surface area contributed by atoms with E-state index in [0.29, 0.717) is 15.8 Å². The summed E-state index contributed by atoms with van der Waals surface area (Å²) < 4.78 is 0.673. The molecular weight excluding hydrogens is 324 g/mol. The number of halogens is 1. The van der Waals surface area contributed by atoms with Gasteiger partial charge in [-0.05, 0) is 58.7 Å². The van der Waals surface area contributed by atoms with Crippen LogP contribution < -0.4 is 11.1 Å². The Bertz CT molecular complexity index is 663. The van der Waals surface area contributed by atoms with Crippen molar-refractivity contribution >= 4 is 33.2 Å². The van der Waals surface area contributed by atoms with Crippen LogP contribution in [-0.2, 0) is 0 Å². The van der Waals surface area contributed by atoms with E-state index in [0.717, 1.165) is 5.56 Å². The summed E-state index contributed by atoms with van der Waals surface area (Å²) in [5.41, 5.74) is 7.95. The molecule has 0 saturated heterocycles. The van der Waals surface area contributed by atoms with Crippen LogP contribution in [0.25, 0.3) is 0 Å². The highest BCUT2D eigenvalue weighted by Gasteiger charge is 2.13. The molecule has 2 aromatic rings. The minimum Gasteiger partial charge on any atom is -0.504 e. The van der Waals surface area contributed by atoms with Gasteiger partial charge in [0.05, 0.1) is 11.4 Å². The molecule has 0 unspecified atom stereocenters. The van der Waals surface area contributed by atoms with Gasteiger partial charge in [0.25, 0.3) is 5.91 Å². The van der Waals surface area contributed by atoms with Crippen LogP contribution >= 0.6 is 15.9 Å². The summed E-state index contributed by atoms with van der Waals surface area (Å²) in [5.74, 6) is -1.07. The van der Waals surface area contributed by atoms with Gasteiger partial charge >= 0.3 is 0 Å². The summed E-state index contributed by atoms with van der Waals surface area (Å²) in [7, 11) is 0. The maximum Gasteiger partial charge on any atom is 0.255 e. The fourth-order valence-electron chi connectivity index (χ4n) is 1.75. The normalized spacial score (nSPS) is 10.3. The number of rotatable bonds is 2. The quantitative estimate of drug-likeness (QED) is 0.500. The molecule has 0 fully saturated rings. The van der Waals surface area contributed by atoms with Crippen molar-refractivity contribution in [1.29, 1.82) is 0 Å². The Hall–Kier alpha value is -2.21. The van der Waals surface area contributed by atoms with Crippen LogP contribution in [0.1, 0.15) is 15.9 Å². The van der Waals surface area contributed by atoms with Crippen molar-refractivity contribution in [2.24, 2.45) is 0 Å². The van der Waals surface area contributed by atoms with Crippen LogP contribution in [0.4, 0.5) is 11.4 Å². The number of aromatic hydroxyl groups is 2. The lowest BCUT2D eigenvalue weighted by Gasteiger charge is -2.11. The van der Waals surface area contributed by atoms with Crippen LogP contribution in [0, 0.1) is 6.92 Å². The second kappa shape index (κ2) is 5.42. The maximum absolute atomic E-state index is 12.1. The topological polar surface area (TPSA) is 95.6 Å². The predicted molar refractivity (Wildman–Crippen MR) is 81.0 cm³/mol. The molecule has 5 N–H and O–H groups in total. The Morgan fingerprint density at radius 1 is 1.20 bits per heavy atom. The number of phenolic OH excluding ortho intramolecular Hbond substituents is 2. The number of hydrogen-bond donors (Lipinski definition) is 4. The number of carbonyl (C=O) groups is 1. The van der Waals surface area contributed by atoms with Crippen molar-refractivity contribution in [2.75, 3.05) is 11.1 Å². The molecule has 104 valence electrons. The Labute approximate surface area is 124 Å². The van der Waals surface area contributed by atoms with Crippen molar-refractivity contribution in [3.8, 4) is 11.5 Å². The van der Waals surface area contributed by atoms with Crippen molar-refractivity contribution < 1.29 is 15.0 Å². The van der Waals surface area contributed by atoms with E-state index >= 15 is 0 Å². The molecule has 0 atom stereocenters. The van der Waals surface area contributed by atoms with E-state index in [4.69, 9.17) is 5.73 Å². The third-order valence-corrected chi connectivity index (χ3v) is 3.37. The van der Waals surface area contributed by atoms with Crippen molar-refractivity contribution in [2.45, 2.75) is 6.92 Å². The summed E-state index contributed by atoms with van der Waals surface area (Å²) in [6, 6.07) is 7.42. The highest BCUT2D eigenvalue weighted by Crippen LogP contribution is 2.31. The van der Waals surface area contributed by atoms with Gasteiger partial charge < -0.3 is 21.3 Å². The first-order valence-corrected chi connectivity index (χ1v) is 6.56.